The number of nitrogens with one attached hydrogen (secondary N) is 2. The standard InChI is InChI=1S/C21H22N4O3/c1-14-24-20(22-11-15-7-8-18-19(9-15)28-13-27-18)10-21(25-14)23-12-16-5-3-4-6-17(16)26-2/h3-10H,11-13H2,1-2H3,(H2,22,23,24,25). The molecule has 0 fully saturated rings. The predicted molar refractivity (Wildman–Crippen MR) is 107 cm³/mol. The van der Waals surface area contributed by atoms with Crippen LogP contribution in [0.1, 0.15) is 17.0 Å². The second kappa shape index (κ2) is 8.04. The van der Waals surface area contributed by atoms with Gasteiger partial charge in [-0.1, -0.05) is 24.3 Å². The van der Waals surface area contributed by atoms with E-state index in [1.165, 1.54) is 0 Å². The number of aromatic nitrogens is 2. The van der Waals surface area contributed by atoms with E-state index in [4.69, 9.17) is 14.2 Å². The molecule has 0 aliphatic carbocycles. The maximum absolute atomic E-state index is 5.43. The van der Waals surface area contributed by atoms with Gasteiger partial charge >= 0.3 is 0 Å². The zero-order valence-electron chi connectivity index (χ0n) is 15.9. The number of hydrogen-bond acceptors (Lipinski definition) is 7. The fraction of sp³-hybridized carbons (Fsp3) is 0.238. The lowest BCUT2D eigenvalue weighted by Crippen LogP contribution is -2.07. The first kappa shape index (κ1) is 17.9. The molecule has 4 rings (SSSR count). The highest BCUT2D eigenvalue weighted by molar-refractivity contribution is 5.50. The number of rotatable bonds is 7. The second-order valence-corrected chi connectivity index (χ2v) is 6.39. The summed E-state index contributed by atoms with van der Waals surface area (Å²) in [5.41, 5.74) is 2.15. The molecule has 144 valence electrons. The van der Waals surface area contributed by atoms with Gasteiger partial charge in [0, 0.05) is 24.7 Å². The highest BCUT2D eigenvalue weighted by Gasteiger charge is 2.13. The van der Waals surface area contributed by atoms with Gasteiger partial charge in [0.2, 0.25) is 6.79 Å². The molecule has 0 spiro atoms. The lowest BCUT2D eigenvalue weighted by molar-refractivity contribution is 0.174. The molecule has 2 N–H and O–H groups in total. The van der Waals surface area contributed by atoms with Crippen molar-refractivity contribution in [1.29, 1.82) is 0 Å². The van der Waals surface area contributed by atoms with Crippen LogP contribution < -0.4 is 24.8 Å². The first-order valence-electron chi connectivity index (χ1n) is 9.05. The van der Waals surface area contributed by atoms with E-state index in [9.17, 15) is 0 Å². The monoisotopic (exact) mass is 378 g/mol. The van der Waals surface area contributed by atoms with Crippen molar-refractivity contribution in [2.75, 3.05) is 24.5 Å². The van der Waals surface area contributed by atoms with Crippen LogP contribution >= 0.6 is 0 Å². The van der Waals surface area contributed by atoms with Gasteiger partial charge in [-0.25, -0.2) is 9.97 Å². The Hall–Kier alpha value is -3.48. The van der Waals surface area contributed by atoms with Gasteiger partial charge in [-0.2, -0.15) is 0 Å². The minimum absolute atomic E-state index is 0.276. The van der Waals surface area contributed by atoms with Crippen molar-refractivity contribution in [2.24, 2.45) is 0 Å². The summed E-state index contributed by atoms with van der Waals surface area (Å²) in [6, 6.07) is 15.7. The SMILES string of the molecule is COc1ccccc1CNc1cc(NCc2ccc3c(c2)OCO3)nc(C)n1. The zero-order valence-corrected chi connectivity index (χ0v) is 15.9. The highest BCUT2D eigenvalue weighted by atomic mass is 16.7. The largest absolute Gasteiger partial charge is 0.496 e. The van der Waals surface area contributed by atoms with E-state index in [2.05, 4.69) is 20.6 Å². The molecule has 0 bridgehead atoms. The second-order valence-electron chi connectivity index (χ2n) is 6.39. The summed E-state index contributed by atoms with van der Waals surface area (Å²) in [6.07, 6.45) is 0. The molecule has 1 aromatic heterocycles. The smallest absolute Gasteiger partial charge is 0.231 e. The van der Waals surface area contributed by atoms with E-state index >= 15 is 0 Å². The Morgan fingerprint density at radius 1 is 0.929 bits per heavy atom. The zero-order chi connectivity index (χ0) is 19.3. The average Bonchev–Trinajstić information content (AvgIpc) is 3.18. The summed E-state index contributed by atoms with van der Waals surface area (Å²) in [4.78, 5) is 8.93. The van der Waals surface area contributed by atoms with Gasteiger partial charge in [0.05, 0.1) is 7.11 Å². The Morgan fingerprint density at radius 3 is 2.50 bits per heavy atom. The van der Waals surface area contributed by atoms with Gasteiger partial charge in [-0.15, -0.1) is 0 Å². The number of fused-ring (bicyclic) bond motifs is 1. The van der Waals surface area contributed by atoms with Crippen LogP contribution in [0.3, 0.4) is 0 Å². The molecule has 3 aromatic rings. The van der Waals surface area contributed by atoms with Crippen molar-refractivity contribution in [3.05, 3.63) is 65.5 Å². The molecular formula is C21H22N4O3. The van der Waals surface area contributed by atoms with Gasteiger partial charge < -0.3 is 24.8 Å². The quantitative estimate of drug-likeness (QED) is 0.648. The molecule has 0 amide bonds. The van der Waals surface area contributed by atoms with Gasteiger partial charge in [-0.05, 0) is 30.7 Å². The molecule has 1 aliphatic heterocycles. The molecule has 1 aliphatic rings. The number of para-hydroxylation sites is 1. The Balaban J connectivity index is 1.42. The van der Waals surface area contributed by atoms with E-state index in [0.717, 1.165) is 40.0 Å². The lowest BCUT2D eigenvalue weighted by Gasteiger charge is -2.12. The van der Waals surface area contributed by atoms with Gasteiger partial charge in [-0.3, -0.25) is 0 Å². The molecule has 2 heterocycles. The molecule has 0 saturated carbocycles. The van der Waals surface area contributed by atoms with Gasteiger partial charge in [0.15, 0.2) is 11.5 Å². The minimum atomic E-state index is 0.276. The van der Waals surface area contributed by atoms with Crippen molar-refractivity contribution < 1.29 is 14.2 Å². The highest BCUT2D eigenvalue weighted by Crippen LogP contribution is 2.32. The number of ether oxygens (including phenoxy) is 3. The maximum Gasteiger partial charge on any atom is 0.231 e. The van der Waals surface area contributed by atoms with Crippen LogP contribution in [0.5, 0.6) is 17.2 Å². The van der Waals surface area contributed by atoms with E-state index in [1.807, 2.05) is 55.5 Å². The first-order chi connectivity index (χ1) is 13.7. The molecule has 0 radical (unpaired) electrons. The number of nitrogens with zero attached hydrogens (tertiary/aromatic N) is 2. The minimum Gasteiger partial charge on any atom is -0.496 e. The third-order valence-electron chi connectivity index (χ3n) is 4.40. The topological polar surface area (TPSA) is 77.5 Å². The number of aryl methyl sites for hydroxylation is 1. The third kappa shape index (κ3) is 4.09. The van der Waals surface area contributed by atoms with Crippen molar-refractivity contribution in [2.45, 2.75) is 20.0 Å². The van der Waals surface area contributed by atoms with Crippen LogP contribution in [0.2, 0.25) is 0 Å². The first-order valence-corrected chi connectivity index (χ1v) is 9.05. The van der Waals surface area contributed by atoms with Crippen LogP contribution in [0, 0.1) is 6.92 Å². The number of methoxy groups -OCH3 is 1. The fourth-order valence-electron chi connectivity index (χ4n) is 3.03. The van der Waals surface area contributed by atoms with Crippen molar-refractivity contribution >= 4 is 11.6 Å². The summed E-state index contributed by atoms with van der Waals surface area (Å²) in [6.45, 7) is 3.39. The summed E-state index contributed by atoms with van der Waals surface area (Å²) < 4.78 is 16.2. The van der Waals surface area contributed by atoms with E-state index in [0.29, 0.717) is 18.9 Å². The lowest BCUT2D eigenvalue weighted by atomic mass is 10.2. The van der Waals surface area contributed by atoms with E-state index < -0.39 is 0 Å². The summed E-state index contributed by atoms with van der Waals surface area (Å²) in [5.74, 6) is 4.61. The molecule has 2 aromatic carbocycles. The molecule has 7 nitrogen and oxygen atoms in total. The van der Waals surface area contributed by atoms with Crippen LogP contribution in [0.4, 0.5) is 11.6 Å². The van der Waals surface area contributed by atoms with Gasteiger partial charge in [0.25, 0.3) is 0 Å². The summed E-state index contributed by atoms with van der Waals surface area (Å²) >= 11 is 0. The number of anilines is 2. The maximum atomic E-state index is 5.43. The fourth-order valence-corrected chi connectivity index (χ4v) is 3.03. The molecule has 28 heavy (non-hydrogen) atoms. The van der Waals surface area contributed by atoms with E-state index in [1.54, 1.807) is 7.11 Å². The van der Waals surface area contributed by atoms with Crippen LogP contribution in [-0.4, -0.2) is 23.9 Å². The molecule has 0 saturated heterocycles. The normalized spacial score (nSPS) is 11.9. The van der Waals surface area contributed by atoms with E-state index in [-0.39, 0.29) is 6.79 Å². The van der Waals surface area contributed by atoms with Crippen LogP contribution in [0.25, 0.3) is 0 Å². The van der Waals surface area contributed by atoms with Crippen molar-refractivity contribution in [3.63, 3.8) is 0 Å². The Kier molecular flexibility index (Phi) is 5.14. The van der Waals surface area contributed by atoms with Crippen LogP contribution in [-0.2, 0) is 13.1 Å². The molecule has 0 atom stereocenters. The molecule has 0 unspecified atom stereocenters. The molecule has 7 heteroatoms. The van der Waals surface area contributed by atoms with Crippen molar-refractivity contribution in [1.82, 2.24) is 9.97 Å². The van der Waals surface area contributed by atoms with Crippen molar-refractivity contribution in [3.8, 4) is 17.2 Å². The Morgan fingerprint density at radius 2 is 1.68 bits per heavy atom. The number of hydrogen-bond donors (Lipinski definition) is 2. The van der Waals surface area contributed by atoms with Gasteiger partial charge in [0.1, 0.15) is 23.2 Å². The molecular weight excluding hydrogens is 356 g/mol. The predicted octanol–water partition coefficient (Wildman–Crippen LogP) is 3.75. The Bertz CT molecular complexity index is 978. The average molecular weight is 378 g/mol. The Labute approximate surface area is 163 Å². The van der Waals surface area contributed by atoms with Crippen LogP contribution in [0.15, 0.2) is 48.5 Å². The number of benzene rings is 2. The third-order valence-corrected chi connectivity index (χ3v) is 4.40. The summed E-state index contributed by atoms with van der Waals surface area (Å²) in [7, 11) is 1.67. The summed E-state index contributed by atoms with van der Waals surface area (Å²) in [5, 5.41) is 6.68.